The van der Waals surface area contributed by atoms with Gasteiger partial charge >= 0.3 is 6.09 Å². The fourth-order valence-electron chi connectivity index (χ4n) is 5.63. The lowest BCUT2D eigenvalue weighted by molar-refractivity contribution is -0.269. The zero-order chi connectivity index (χ0) is 33.5. The highest BCUT2D eigenvalue weighted by Crippen LogP contribution is 2.30. The number of alkyl carbamates (subject to hydrolysis) is 1. The minimum absolute atomic E-state index is 0.101. The second-order valence-electron chi connectivity index (χ2n) is 11.7. The first-order valence-electron chi connectivity index (χ1n) is 16.5. The zero-order valence-corrected chi connectivity index (χ0v) is 27.2. The van der Waals surface area contributed by atoms with Crippen LogP contribution in [-0.4, -0.2) is 43.3 Å². The molecule has 8 nitrogen and oxygen atoms in total. The van der Waals surface area contributed by atoms with Crippen molar-refractivity contribution in [3.05, 3.63) is 174 Å². The van der Waals surface area contributed by atoms with E-state index >= 15 is 0 Å². The molecule has 1 heterocycles. The van der Waals surface area contributed by atoms with Crippen LogP contribution < -0.4 is 10.1 Å². The smallest absolute Gasteiger partial charge is 0.408 e. The Morgan fingerprint density at radius 1 is 0.551 bits per heavy atom. The molecule has 0 saturated carbocycles. The summed E-state index contributed by atoms with van der Waals surface area (Å²) in [5.74, 6) is 0.575. The topological polar surface area (TPSA) is 84.5 Å². The third-order valence-electron chi connectivity index (χ3n) is 8.10. The molecular weight excluding hydrogens is 618 g/mol. The van der Waals surface area contributed by atoms with Gasteiger partial charge in [-0.1, -0.05) is 140 Å². The highest BCUT2D eigenvalue weighted by Gasteiger charge is 2.50. The number of para-hydroxylation sites is 1. The van der Waals surface area contributed by atoms with Crippen LogP contribution in [0.2, 0.25) is 0 Å². The summed E-state index contributed by atoms with van der Waals surface area (Å²) in [7, 11) is 0. The molecule has 0 bridgehead atoms. The molecule has 1 aliphatic heterocycles. The first-order valence-corrected chi connectivity index (χ1v) is 16.5. The monoisotopic (exact) mass is 659 g/mol. The van der Waals surface area contributed by atoms with E-state index < -0.39 is 36.7 Å². The number of benzene rings is 5. The van der Waals surface area contributed by atoms with Crippen molar-refractivity contribution in [2.75, 3.05) is 6.61 Å². The maximum Gasteiger partial charge on any atom is 0.408 e. The average molecular weight is 660 g/mol. The molecule has 5 aromatic rings. The van der Waals surface area contributed by atoms with Crippen LogP contribution in [0.4, 0.5) is 4.79 Å². The maximum atomic E-state index is 13.4. The van der Waals surface area contributed by atoms with Gasteiger partial charge in [-0.05, 0) is 34.4 Å². The molecule has 5 aromatic carbocycles. The summed E-state index contributed by atoms with van der Waals surface area (Å²) < 4.78 is 38.3. The van der Waals surface area contributed by atoms with Crippen LogP contribution in [0, 0.1) is 0 Å². The minimum atomic E-state index is -0.964. The highest BCUT2D eigenvalue weighted by molar-refractivity contribution is 5.67. The van der Waals surface area contributed by atoms with E-state index in [0.717, 1.165) is 22.3 Å². The van der Waals surface area contributed by atoms with Gasteiger partial charge in [0.15, 0.2) is 0 Å². The summed E-state index contributed by atoms with van der Waals surface area (Å²) in [6.07, 6.45) is -3.58. The Hall–Kier alpha value is -4.99. The van der Waals surface area contributed by atoms with E-state index in [1.165, 1.54) is 0 Å². The molecule has 5 atom stereocenters. The minimum Gasteiger partial charge on any atom is -0.463 e. The first kappa shape index (κ1) is 33.9. The van der Waals surface area contributed by atoms with E-state index in [1.807, 2.05) is 152 Å². The highest BCUT2D eigenvalue weighted by atomic mass is 16.7. The van der Waals surface area contributed by atoms with Gasteiger partial charge in [0.25, 0.3) is 0 Å². The van der Waals surface area contributed by atoms with Crippen LogP contribution in [0.1, 0.15) is 22.3 Å². The lowest BCUT2D eigenvalue weighted by Gasteiger charge is -2.46. The van der Waals surface area contributed by atoms with Crippen molar-refractivity contribution in [1.82, 2.24) is 5.32 Å². The van der Waals surface area contributed by atoms with Crippen LogP contribution in [0.5, 0.6) is 5.75 Å². The summed E-state index contributed by atoms with van der Waals surface area (Å²) in [6, 6.07) is 47.8. The number of amides is 1. The Morgan fingerprint density at radius 3 is 1.53 bits per heavy atom. The van der Waals surface area contributed by atoms with Crippen molar-refractivity contribution in [3.8, 4) is 5.75 Å². The fraction of sp³-hybridized carbons (Fsp3) is 0.244. The number of nitrogens with one attached hydrogen (secondary N) is 1. The van der Waals surface area contributed by atoms with Gasteiger partial charge in [-0.25, -0.2) is 4.79 Å². The van der Waals surface area contributed by atoms with Crippen LogP contribution in [0.3, 0.4) is 0 Å². The molecule has 0 aromatic heterocycles. The molecule has 0 aliphatic carbocycles. The van der Waals surface area contributed by atoms with E-state index in [-0.39, 0.29) is 19.8 Å². The molecule has 1 saturated heterocycles. The molecule has 8 heteroatoms. The number of rotatable bonds is 15. The SMILES string of the molecule is O=C(N[C@H]1[C@@H](Oc2ccccc2)O[C@H](COCc2ccccc2)[C@@H](OCc2ccccc2)[C@@H]1OCc1ccccc1)OCc1ccccc1. The van der Waals surface area contributed by atoms with E-state index in [1.54, 1.807) is 0 Å². The summed E-state index contributed by atoms with van der Waals surface area (Å²) in [5.41, 5.74) is 3.86. The zero-order valence-electron chi connectivity index (χ0n) is 27.2. The number of hydrogen-bond acceptors (Lipinski definition) is 7. The molecule has 1 N–H and O–H groups in total. The summed E-state index contributed by atoms with van der Waals surface area (Å²) in [5, 5.41) is 3.02. The van der Waals surface area contributed by atoms with Gasteiger partial charge in [0.2, 0.25) is 6.29 Å². The largest absolute Gasteiger partial charge is 0.463 e. The van der Waals surface area contributed by atoms with Gasteiger partial charge < -0.3 is 33.7 Å². The number of hydrogen-bond donors (Lipinski definition) is 1. The Bertz CT molecular complexity index is 1660. The number of ether oxygens (including phenoxy) is 6. The molecule has 252 valence electrons. The third kappa shape index (κ3) is 10.2. The van der Waals surface area contributed by atoms with Crippen molar-refractivity contribution >= 4 is 6.09 Å². The Balaban J connectivity index is 1.30. The standard InChI is InChI=1S/C41H41NO7/c43-41(47-29-34-22-12-4-13-23-34)42-37-39(46-28-33-20-10-3-11-21-33)38(45-27-32-18-8-2-9-19-32)36(30-44-26-31-16-6-1-7-17-31)49-40(37)48-35-24-14-5-15-25-35/h1-25,36-40H,26-30H2,(H,42,43)/t36-,37-,38-,39-,40+/m1/s1. The van der Waals surface area contributed by atoms with E-state index in [2.05, 4.69) is 5.32 Å². The Morgan fingerprint density at radius 2 is 1.00 bits per heavy atom. The van der Waals surface area contributed by atoms with Crippen molar-refractivity contribution in [2.24, 2.45) is 0 Å². The van der Waals surface area contributed by atoms with Crippen molar-refractivity contribution < 1.29 is 33.2 Å². The number of carbonyl (C=O) groups excluding carboxylic acids is 1. The van der Waals surface area contributed by atoms with E-state index in [0.29, 0.717) is 19.0 Å². The van der Waals surface area contributed by atoms with Gasteiger partial charge in [-0.15, -0.1) is 0 Å². The molecule has 6 rings (SSSR count). The van der Waals surface area contributed by atoms with Crippen LogP contribution in [0.25, 0.3) is 0 Å². The summed E-state index contributed by atoms with van der Waals surface area (Å²) in [4.78, 5) is 13.4. The molecule has 1 aliphatic rings. The van der Waals surface area contributed by atoms with Crippen LogP contribution in [-0.2, 0) is 50.1 Å². The Labute approximate surface area is 287 Å². The molecule has 1 fully saturated rings. The summed E-state index contributed by atoms with van der Waals surface area (Å²) in [6.45, 7) is 1.25. The third-order valence-corrected chi connectivity index (χ3v) is 8.10. The molecule has 0 unspecified atom stereocenters. The van der Waals surface area contributed by atoms with Gasteiger partial charge in [-0.3, -0.25) is 0 Å². The molecule has 49 heavy (non-hydrogen) atoms. The molecule has 0 radical (unpaired) electrons. The van der Waals surface area contributed by atoms with Gasteiger partial charge in [0.05, 0.1) is 26.4 Å². The average Bonchev–Trinajstić information content (AvgIpc) is 3.16. The second-order valence-corrected chi connectivity index (χ2v) is 11.7. The van der Waals surface area contributed by atoms with Gasteiger partial charge in [0, 0.05) is 0 Å². The molecule has 0 spiro atoms. The fourth-order valence-corrected chi connectivity index (χ4v) is 5.63. The van der Waals surface area contributed by atoms with Crippen LogP contribution in [0.15, 0.2) is 152 Å². The Kier molecular flexibility index (Phi) is 12.4. The van der Waals surface area contributed by atoms with Crippen molar-refractivity contribution in [3.63, 3.8) is 0 Å². The van der Waals surface area contributed by atoms with Gasteiger partial charge in [0.1, 0.15) is 36.7 Å². The van der Waals surface area contributed by atoms with Gasteiger partial charge in [-0.2, -0.15) is 0 Å². The molecular formula is C41H41NO7. The second kappa shape index (κ2) is 18.0. The lowest BCUT2D eigenvalue weighted by Crippen LogP contribution is -2.67. The first-order chi connectivity index (χ1) is 24.2. The van der Waals surface area contributed by atoms with Crippen molar-refractivity contribution in [2.45, 2.75) is 57.1 Å². The van der Waals surface area contributed by atoms with Crippen molar-refractivity contribution in [1.29, 1.82) is 0 Å². The summed E-state index contributed by atoms with van der Waals surface area (Å²) >= 11 is 0. The maximum absolute atomic E-state index is 13.4. The molecule has 1 amide bonds. The predicted molar refractivity (Wildman–Crippen MR) is 185 cm³/mol. The normalized spacial score (nSPS) is 20.3. The quantitative estimate of drug-likeness (QED) is 0.125. The van der Waals surface area contributed by atoms with E-state index in [4.69, 9.17) is 28.4 Å². The van der Waals surface area contributed by atoms with E-state index in [9.17, 15) is 4.79 Å². The predicted octanol–water partition coefficient (Wildman–Crippen LogP) is 7.47. The van der Waals surface area contributed by atoms with Crippen LogP contribution >= 0.6 is 0 Å². The number of carbonyl (C=O) groups is 1. The lowest BCUT2D eigenvalue weighted by atomic mass is 9.96.